The summed E-state index contributed by atoms with van der Waals surface area (Å²) in [6.45, 7) is 0.747. The molecule has 8 nitrogen and oxygen atoms in total. The fourth-order valence-electron chi connectivity index (χ4n) is 3.96. The summed E-state index contributed by atoms with van der Waals surface area (Å²) in [5, 5.41) is 12.8. The van der Waals surface area contributed by atoms with Crippen molar-refractivity contribution < 1.29 is 27.8 Å². The smallest absolute Gasteiger partial charge is 0.337 e. The van der Waals surface area contributed by atoms with Crippen LogP contribution in [-0.4, -0.2) is 46.8 Å². The Labute approximate surface area is 201 Å². The van der Waals surface area contributed by atoms with Crippen LogP contribution >= 0.6 is 0 Å². The monoisotopic (exact) mass is 488 g/mol. The lowest BCUT2D eigenvalue weighted by Crippen LogP contribution is -2.26. The van der Waals surface area contributed by atoms with Crippen molar-refractivity contribution in [3.63, 3.8) is 0 Å². The Kier molecular flexibility index (Phi) is 8.95. The summed E-state index contributed by atoms with van der Waals surface area (Å²) < 4.78 is 38.6. The molecule has 0 spiro atoms. The summed E-state index contributed by atoms with van der Waals surface area (Å²) in [6, 6.07) is 9.53. The number of methoxy groups -OCH3 is 2. The molecule has 0 fully saturated rings. The number of anilines is 1. The van der Waals surface area contributed by atoms with Gasteiger partial charge < -0.3 is 19.9 Å². The van der Waals surface area contributed by atoms with Gasteiger partial charge in [0.1, 0.15) is 0 Å². The quantitative estimate of drug-likeness (QED) is 0.383. The molecule has 3 N–H and O–H groups in total. The SMILES string of the molecule is COc1ccc(CCNS(=O)(=O)c2ccc(NCCC3=CCCCC3)c(C(=O)O)c2)cc1OC. The summed E-state index contributed by atoms with van der Waals surface area (Å²) in [7, 11) is -0.790. The molecule has 184 valence electrons. The minimum atomic E-state index is -3.88. The molecule has 1 aliphatic rings. The van der Waals surface area contributed by atoms with E-state index in [-0.39, 0.29) is 17.0 Å². The lowest BCUT2D eigenvalue weighted by atomic mass is 9.97. The number of carbonyl (C=O) groups is 1. The average Bonchev–Trinajstić information content (AvgIpc) is 2.84. The third kappa shape index (κ3) is 6.74. The second kappa shape index (κ2) is 11.9. The molecular weight excluding hydrogens is 456 g/mol. The van der Waals surface area contributed by atoms with Gasteiger partial charge >= 0.3 is 5.97 Å². The predicted molar refractivity (Wildman–Crippen MR) is 131 cm³/mol. The van der Waals surface area contributed by atoms with Gasteiger partial charge in [0.15, 0.2) is 11.5 Å². The van der Waals surface area contributed by atoms with Crippen molar-refractivity contribution in [1.82, 2.24) is 4.72 Å². The standard InChI is InChI=1S/C25H32N2O6S/c1-32-23-11-8-19(16-24(23)33-2)13-15-27-34(30,31)20-9-10-22(21(17-20)25(28)29)26-14-12-18-6-4-3-5-7-18/h6,8-11,16-17,26-27H,3-5,7,12-15H2,1-2H3,(H,28,29). The number of aromatic carboxylic acids is 1. The zero-order valence-electron chi connectivity index (χ0n) is 19.6. The molecule has 0 atom stereocenters. The van der Waals surface area contributed by atoms with Crippen molar-refractivity contribution in [2.45, 2.75) is 43.4 Å². The molecule has 0 bridgehead atoms. The van der Waals surface area contributed by atoms with E-state index in [1.165, 1.54) is 43.7 Å². The molecule has 34 heavy (non-hydrogen) atoms. The summed E-state index contributed by atoms with van der Waals surface area (Å²) in [4.78, 5) is 11.7. The lowest BCUT2D eigenvalue weighted by Gasteiger charge is -2.15. The van der Waals surface area contributed by atoms with E-state index < -0.39 is 16.0 Å². The van der Waals surface area contributed by atoms with Gasteiger partial charge in [-0.15, -0.1) is 0 Å². The van der Waals surface area contributed by atoms with Crippen LogP contribution in [0.5, 0.6) is 11.5 Å². The van der Waals surface area contributed by atoms with Crippen LogP contribution in [0.3, 0.4) is 0 Å². The highest BCUT2D eigenvalue weighted by molar-refractivity contribution is 7.89. The first-order chi connectivity index (χ1) is 16.3. The van der Waals surface area contributed by atoms with Crippen LogP contribution in [0.25, 0.3) is 0 Å². The first-order valence-electron chi connectivity index (χ1n) is 11.3. The van der Waals surface area contributed by atoms with Crippen molar-refractivity contribution in [2.75, 3.05) is 32.6 Å². The van der Waals surface area contributed by atoms with E-state index >= 15 is 0 Å². The van der Waals surface area contributed by atoms with E-state index in [4.69, 9.17) is 9.47 Å². The van der Waals surface area contributed by atoms with Gasteiger partial charge in [0.05, 0.1) is 24.7 Å². The topological polar surface area (TPSA) is 114 Å². The number of nitrogens with one attached hydrogen (secondary N) is 2. The largest absolute Gasteiger partial charge is 0.493 e. The Balaban J connectivity index is 1.63. The van der Waals surface area contributed by atoms with Crippen LogP contribution in [0.1, 0.15) is 48.0 Å². The lowest BCUT2D eigenvalue weighted by molar-refractivity contribution is 0.0697. The maximum absolute atomic E-state index is 12.8. The van der Waals surface area contributed by atoms with Crippen molar-refractivity contribution in [3.05, 3.63) is 59.2 Å². The number of rotatable bonds is 12. The summed E-state index contributed by atoms with van der Waals surface area (Å²) >= 11 is 0. The predicted octanol–water partition coefficient (Wildman–Crippen LogP) is 4.23. The molecule has 0 radical (unpaired) electrons. The molecule has 0 saturated carbocycles. The maximum Gasteiger partial charge on any atom is 0.337 e. The van der Waals surface area contributed by atoms with Crippen LogP contribution in [0.4, 0.5) is 5.69 Å². The number of hydrogen-bond donors (Lipinski definition) is 3. The highest BCUT2D eigenvalue weighted by atomic mass is 32.2. The van der Waals surface area contributed by atoms with Crippen molar-refractivity contribution >= 4 is 21.7 Å². The molecule has 0 amide bonds. The molecule has 0 saturated heterocycles. The Bertz CT molecular complexity index is 1140. The second-order valence-electron chi connectivity index (χ2n) is 8.13. The highest BCUT2D eigenvalue weighted by Crippen LogP contribution is 2.28. The Morgan fingerprint density at radius 3 is 2.47 bits per heavy atom. The number of benzene rings is 2. The fraction of sp³-hybridized carbons (Fsp3) is 0.400. The molecule has 2 aromatic rings. The fourth-order valence-corrected chi connectivity index (χ4v) is 5.02. The minimum absolute atomic E-state index is 0.0691. The molecule has 1 aliphatic carbocycles. The normalized spacial score (nSPS) is 13.8. The first-order valence-corrected chi connectivity index (χ1v) is 12.8. The van der Waals surface area contributed by atoms with E-state index in [1.807, 2.05) is 6.07 Å². The molecule has 0 unspecified atom stereocenters. The van der Waals surface area contributed by atoms with Crippen LogP contribution in [-0.2, 0) is 16.4 Å². The van der Waals surface area contributed by atoms with Gasteiger partial charge in [-0.1, -0.05) is 17.7 Å². The number of sulfonamides is 1. The van der Waals surface area contributed by atoms with E-state index in [2.05, 4.69) is 16.1 Å². The van der Waals surface area contributed by atoms with Gasteiger partial charge in [-0.2, -0.15) is 0 Å². The van der Waals surface area contributed by atoms with E-state index in [1.54, 1.807) is 19.2 Å². The van der Waals surface area contributed by atoms with Crippen LogP contribution in [0, 0.1) is 0 Å². The Hall–Kier alpha value is -3.04. The number of carboxylic acids is 1. The number of hydrogen-bond acceptors (Lipinski definition) is 6. The van der Waals surface area contributed by atoms with E-state index in [0.29, 0.717) is 30.2 Å². The van der Waals surface area contributed by atoms with Crippen LogP contribution in [0.15, 0.2) is 52.9 Å². The molecule has 2 aromatic carbocycles. The molecule has 9 heteroatoms. The summed E-state index contributed by atoms with van der Waals surface area (Å²) in [5.74, 6) is -0.0178. The van der Waals surface area contributed by atoms with Gasteiger partial charge in [-0.05, 0) is 74.4 Å². The van der Waals surface area contributed by atoms with Crippen molar-refractivity contribution in [3.8, 4) is 11.5 Å². The van der Waals surface area contributed by atoms with Crippen LogP contribution < -0.4 is 19.5 Å². The summed E-state index contributed by atoms with van der Waals surface area (Å²) in [5.41, 5.74) is 2.60. The van der Waals surface area contributed by atoms with Crippen LogP contribution in [0.2, 0.25) is 0 Å². The molecule has 0 aliphatic heterocycles. The Morgan fingerprint density at radius 2 is 1.79 bits per heavy atom. The zero-order valence-corrected chi connectivity index (χ0v) is 20.4. The van der Waals surface area contributed by atoms with E-state index in [0.717, 1.165) is 24.8 Å². The van der Waals surface area contributed by atoms with Gasteiger partial charge in [0.25, 0.3) is 0 Å². The van der Waals surface area contributed by atoms with Gasteiger partial charge in [0, 0.05) is 18.8 Å². The maximum atomic E-state index is 12.8. The Morgan fingerprint density at radius 1 is 1.00 bits per heavy atom. The highest BCUT2D eigenvalue weighted by Gasteiger charge is 2.19. The second-order valence-corrected chi connectivity index (χ2v) is 9.90. The third-order valence-corrected chi connectivity index (χ3v) is 7.29. The van der Waals surface area contributed by atoms with Gasteiger partial charge in [-0.25, -0.2) is 17.9 Å². The van der Waals surface area contributed by atoms with Gasteiger partial charge in [-0.3, -0.25) is 0 Å². The number of allylic oxidation sites excluding steroid dienone is 1. The minimum Gasteiger partial charge on any atom is -0.493 e. The average molecular weight is 489 g/mol. The van der Waals surface area contributed by atoms with Crippen molar-refractivity contribution in [1.29, 1.82) is 0 Å². The van der Waals surface area contributed by atoms with Crippen molar-refractivity contribution in [2.24, 2.45) is 0 Å². The molecule has 0 heterocycles. The summed E-state index contributed by atoms with van der Waals surface area (Å²) in [6.07, 6.45) is 8.13. The molecular formula is C25H32N2O6S. The van der Waals surface area contributed by atoms with Gasteiger partial charge in [0.2, 0.25) is 10.0 Å². The first kappa shape index (κ1) is 25.6. The molecule has 3 rings (SSSR count). The third-order valence-electron chi connectivity index (χ3n) is 5.83. The number of ether oxygens (including phenoxy) is 2. The van der Waals surface area contributed by atoms with E-state index in [9.17, 15) is 18.3 Å². The molecule has 0 aromatic heterocycles. The number of carboxylic acid groups (broad SMARTS) is 1. The zero-order chi connectivity index (χ0) is 24.6.